The number of benzene rings is 1. The summed E-state index contributed by atoms with van der Waals surface area (Å²) in [5, 5.41) is 2.79. The number of nitrogens with one attached hydrogen (secondary N) is 1. The molecular weight excluding hydrogens is 252 g/mol. The number of aryl methyl sites for hydroxylation is 1. The van der Waals surface area contributed by atoms with E-state index in [1.165, 1.54) is 0 Å². The van der Waals surface area contributed by atoms with Gasteiger partial charge in [0, 0.05) is 13.1 Å². The van der Waals surface area contributed by atoms with Crippen molar-refractivity contribution in [3.63, 3.8) is 0 Å². The average Bonchev–Trinajstić information content (AvgIpc) is 2.45. The summed E-state index contributed by atoms with van der Waals surface area (Å²) in [6, 6.07) is 7.73. The van der Waals surface area contributed by atoms with E-state index in [1.807, 2.05) is 50.1 Å². The summed E-state index contributed by atoms with van der Waals surface area (Å²) >= 11 is 0. The van der Waals surface area contributed by atoms with Crippen LogP contribution in [0.3, 0.4) is 0 Å². The first kappa shape index (κ1) is 16.2. The fraction of sp³-hybridized carbons (Fsp3) is 0.438. The number of carbonyl (C=O) groups is 1. The summed E-state index contributed by atoms with van der Waals surface area (Å²) in [6.45, 7) is 9.22. The van der Waals surface area contributed by atoms with Crippen LogP contribution in [0.2, 0.25) is 0 Å². The highest BCUT2D eigenvalue weighted by Gasteiger charge is 2.16. The number of para-hydroxylation sites is 1. The van der Waals surface area contributed by atoms with Crippen LogP contribution < -0.4 is 10.1 Å². The van der Waals surface area contributed by atoms with Gasteiger partial charge in [-0.05, 0) is 32.5 Å². The third kappa shape index (κ3) is 5.05. The second-order valence-corrected chi connectivity index (χ2v) is 4.80. The van der Waals surface area contributed by atoms with E-state index < -0.39 is 0 Å². The van der Waals surface area contributed by atoms with Gasteiger partial charge in [0.2, 0.25) is 5.91 Å². The lowest BCUT2D eigenvalue weighted by molar-refractivity contribution is -0.125. The Labute approximate surface area is 121 Å². The molecule has 1 atom stereocenters. The van der Waals surface area contributed by atoms with Crippen LogP contribution in [0.5, 0.6) is 5.75 Å². The summed E-state index contributed by atoms with van der Waals surface area (Å²) in [5.74, 6) is 0.896. The zero-order chi connectivity index (χ0) is 15.0. The number of hydrogen-bond donors (Lipinski definition) is 1. The van der Waals surface area contributed by atoms with E-state index in [0.717, 1.165) is 11.3 Å². The Balaban J connectivity index is 2.35. The number of carbonyl (C=O) groups excluding carboxylic acids is 1. The van der Waals surface area contributed by atoms with Gasteiger partial charge in [0.25, 0.3) is 0 Å². The molecule has 1 amide bonds. The largest absolute Gasteiger partial charge is 0.492 e. The molecule has 0 aliphatic heterocycles. The van der Waals surface area contributed by atoms with Gasteiger partial charge in [-0.1, -0.05) is 24.3 Å². The Morgan fingerprint density at radius 2 is 2.20 bits per heavy atom. The maximum absolute atomic E-state index is 11.8. The highest BCUT2D eigenvalue weighted by atomic mass is 16.5. The fourth-order valence-corrected chi connectivity index (χ4v) is 1.73. The highest BCUT2D eigenvalue weighted by molar-refractivity contribution is 5.81. The van der Waals surface area contributed by atoms with Gasteiger partial charge in [-0.25, -0.2) is 0 Å². The van der Waals surface area contributed by atoms with Crippen LogP contribution in [0.1, 0.15) is 12.5 Å². The molecule has 1 N–H and O–H groups in total. The molecule has 0 aliphatic carbocycles. The molecule has 110 valence electrons. The minimum atomic E-state index is -0.185. The lowest BCUT2D eigenvalue weighted by Gasteiger charge is -2.23. The molecule has 1 rings (SSSR count). The number of hydrogen-bond acceptors (Lipinski definition) is 3. The molecule has 0 radical (unpaired) electrons. The van der Waals surface area contributed by atoms with E-state index in [2.05, 4.69) is 11.9 Å². The molecule has 20 heavy (non-hydrogen) atoms. The molecule has 0 aromatic heterocycles. The number of nitrogens with zero attached hydrogens (tertiary/aromatic N) is 1. The summed E-state index contributed by atoms with van der Waals surface area (Å²) < 4.78 is 5.73. The molecular formula is C16H24N2O2. The van der Waals surface area contributed by atoms with Crippen LogP contribution in [0, 0.1) is 6.92 Å². The van der Waals surface area contributed by atoms with Gasteiger partial charge in [-0.3, -0.25) is 9.69 Å². The second-order valence-electron chi connectivity index (χ2n) is 4.80. The highest BCUT2D eigenvalue weighted by Crippen LogP contribution is 2.15. The third-order valence-corrected chi connectivity index (χ3v) is 3.26. The molecule has 0 heterocycles. The molecule has 0 saturated heterocycles. The standard InChI is InChI=1S/C16H24N2O2/c1-5-10-17-16(19)14(3)18(4)11-12-20-15-9-7-6-8-13(15)2/h5-9,14H,1,10-12H2,2-4H3,(H,17,19). The first-order valence-corrected chi connectivity index (χ1v) is 6.83. The molecule has 0 aliphatic rings. The van der Waals surface area contributed by atoms with Crippen LogP contribution in [-0.2, 0) is 4.79 Å². The van der Waals surface area contributed by atoms with E-state index in [4.69, 9.17) is 4.74 Å². The lowest BCUT2D eigenvalue weighted by atomic mass is 10.2. The van der Waals surface area contributed by atoms with Gasteiger partial charge < -0.3 is 10.1 Å². The van der Waals surface area contributed by atoms with Gasteiger partial charge in [-0.15, -0.1) is 6.58 Å². The molecule has 1 unspecified atom stereocenters. The second kappa shape index (κ2) is 8.38. The van der Waals surface area contributed by atoms with Crippen LogP contribution >= 0.6 is 0 Å². The lowest BCUT2D eigenvalue weighted by Crippen LogP contribution is -2.44. The van der Waals surface area contributed by atoms with E-state index in [0.29, 0.717) is 19.7 Å². The number of amides is 1. The normalized spacial score (nSPS) is 12.0. The van der Waals surface area contributed by atoms with Crippen molar-refractivity contribution in [2.75, 3.05) is 26.7 Å². The minimum Gasteiger partial charge on any atom is -0.492 e. The SMILES string of the molecule is C=CCNC(=O)C(C)N(C)CCOc1ccccc1C. The maximum Gasteiger partial charge on any atom is 0.237 e. The number of ether oxygens (including phenoxy) is 1. The van der Waals surface area contributed by atoms with Gasteiger partial charge in [0.05, 0.1) is 6.04 Å². The smallest absolute Gasteiger partial charge is 0.237 e. The monoisotopic (exact) mass is 276 g/mol. The molecule has 4 nitrogen and oxygen atoms in total. The summed E-state index contributed by atoms with van der Waals surface area (Å²) in [4.78, 5) is 13.8. The Morgan fingerprint density at radius 3 is 2.85 bits per heavy atom. The molecule has 1 aromatic rings. The van der Waals surface area contributed by atoms with Gasteiger partial charge in [0.1, 0.15) is 12.4 Å². The van der Waals surface area contributed by atoms with Crippen molar-refractivity contribution in [3.05, 3.63) is 42.5 Å². The van der Waals surface area contributed by atoms with Gasteiger partial charge >= 0.3 is 0 Å². The van der Waals surface area contributed by atoms with Crippen molar-refractivity contribution >= 4 is 5.91 Å². The molecule has 4 heteroatoms. The predicted molar refractivity (Wildman–Crippen MR) is 82.0 cm³/mol. The van der Waals surface area contributed by atoms with Crippen LogP contribution in [-0.4, -0.2) is 43.6 Å². The summed E-state index contributed by atoms with van der Waals surface area (Å²) in [7, 11) is 1.92. The zero-order valence-corrected chi connectivity index (χ0v) is 12.6. The summed E-state index contributed by atoms with van der Waals surface area (Å²) in [6.07, 6.45) is 1.67. The van der Waals surface area contributed by atoms with Crippen molar-refractivity contribution in [1.29, 1.82) is 0 Å². The summed E-state index contributed by atoms with van der Waals surface area (Å²) in [5.41, 5.74) is 1.12. The third-order valence-electron chi connectivity index (χ3n) is 3.26. The molecule has 0 saturated carbocycles. The van der Waals surface area contributed by atoms with Crippen molar-refractivity contribution in [2.45, 2.75) is 19.9 Å². The first-order chi connectivity index (χ1) is 9.56. The number of rotatable bonds is 8. The van der Waals surface area contributed by atoms with Crippen LogP contribution in [0.15, 0.2) is 36.9 Å². The van der Waals surface area contributed by atoms with E-state index >= 15 is 0 Å². The van der Waals surface area contributed by atoms with E-state index in [9.17, 15) is 4.79 Å². The minimum absolute atomic E-state index is 0.00305. The Kier molecular flexibility index (Phi) is 6.81. The van der Waals surface area contributed by atoms with E-state index in [-0.39, 0.29) is 11.9 Å². The topological polar surface area (TPSA) is 41.6 Å². The van der Waals surface area contributed by atoms with Crippen molar-refractivity contribution < 1.29 is 9.53 Å². The van der Waals surface area contributed by atoms with Crippen molar-refractivity contribution in [3.8, 4) is 5.75 Å². The van der Waals surface area contributed by atoms with Crippen LogP contribution in [0.25, 0.3) is 0 Å². The average molecular weight is 276 g/mol. The maximum atomic E-state index is 11.8. The molecule has 0 spiro atoms. The number of likely N-dealkylation sites (N-methyl/N-ethyl adjacent to an activating group) is 1. The Morgan fingerprint density at radius 1 is 1.50 bits per heavy atom. The van der Waals surface area contributed by atoms with Crippen molar-refractivity contribution in [2.24, 2.45) is 0 Å². The quantitative estimate of drug-likeness (QED) is 0.738. The fourth-order valence-electron chi connectivity index (χ4n) is 1.73. The van der Waals surface area contributed by atoms with E-state index in [1.54, 1.807) is 6.08 Å². The van der Waals surface area contributed by atoms with Crippen LogP contribution in [0.4, 0.5) is 0 Å². The molecule has 1 aromatic carbocycles. The Bertz CT molecular complexity index is 446. The molecule has 0 fully saturated rings. The first-order valence-electron chi connectivity index (χ1n) is 6.83. The van der Waals surface area contributed by atoms with Gasteiger partial charge in [-0.2, -0.15) is 0 Å². The van der Waals surface area contributed by atoms with Crippen molar-refractivity contribution in [1.82, 2.24) is 10.2 Å². The molecule has 0 bridgehead atoms. The predicted octanol–water partition coefficient (Wildman–Crippen LogP) is 2.00. The Hall–Kier alpha value is -1.81. The zero-order valence-electron chi connectivity index (χ0n) is 12.6. The van der Waals surface area contributed by atoms with Gasteiger partial charge in [0.15, 0.2) is 0 Å².